The summed E-state index contributed by atoms with van der Waals surface area (Å²) in [6, 6.07) is 0. The molecule has 1 fully saturated rings. The zero-order valence-electron chi connectivity index (χ0n) is 5.72. The monoisotopic (exact) mass is 143 g/mol. The first-order valence-corrected chi connectivity index (χ1v) is 3.11. The van der Waals surface area contributed by atoms with Crippen molar-refractivity contribution in [3.63, 3.8) is 0 Å². The van der Waals surface area contributed by atoms with E-state index in [2.05, 4.69) is 5.32 Å². The highest BCUT2D eigenvalue weighted by molar-refractivity contribution is 6.03. The fourth-order valence-corrected chi connectivity index (χ4v) is 0.821. The second-order valence-corrected chi connectivity index (χ2v) is 2.15. The number of hydrogen-bond acceptors (Lipinski definition) is 3. The van der Waals surface area contributed by atoms with Crippen molar-refractivity contribution in [2.45, 2.75) is 13.0 Å². The molecule has 0 aromatic carbocycles. The summed E-state index contributed by atoms with van der Waals surface area (Å²) in [5.41, 5.74) is 0. The van der Waals surface area contributed by atoms with Crippen molar-refractivity contribution >= 4 is 11.7 Å². The van der Waals surface area contributed by atoms with Crippen molar-refractivity contribution in [3.8, 4) is 0 Å². The van der Waals surface area contributed by atoms with Gasteiger partial charge in [-0.05, 0) is 6.92 Å². The topological polar surface area (TPSA) is 55.4 Å². The molecule has 1 rings (SSSR count). The molecule has 4 nitrogen and oxygen atoms in total. The highest BCUT2D eigenvalue weighted by Crippen LogP contribution is 1.97. The molecule has 1 unspecified atom stereocenters. The van der Waals surface area contributed by atoms with Gasteiger partial charge in [0, 0.05) is 6.54 Å². The lowest BCUT2D eigenvalue weighted by Crippen LogP contribution is -2.47. The summed E-state index contributed by atoms with van der Waals surface area (Å²) in [4.78, 5) is 21.4. The van der Waals surface area contributed by atoms with Crippen molar-refractivity contribution in [1.29, 1.82) is 0 Å². The van der Waals surface area contributed by atoms with Gasteiger partial charge in [0.15, 0.2) is 11.9 Å². The Hall–Kier alpha value is -0.900. The SMILES string of the molecule is CC(=O)C1OCCNC1=O. The van der Waals surface area contributed by atoms with Crippen LogP contribution in [-0.2, 0) is 14.3 Å². The molecule has 1 heterocycles. The summed E-state index contributed by atoms with van der Waals surface area (Å²) in [7, 11) is 0. The minimum Gasteiger partial charge on any atom is -0.359 e. The van der Waals surface area contributed by atoms with Crippen LogP contribution in [0.25, 0.3) is 0 Å². The smallest absolute Gasteiger partial charge is 0.256 e. The van der Waals surface area contributed by atoms with Gasteiger partial charge in [0.25, 0.3) is 5.91 Å². The quantitative estimate of drug-likeness (QED) is 0.483. The van der Waals surface area contributed by atoms with Crippen LogP contribution < -0.4 is 5.32 Å². The Labute approximate surface area is 58.5 Å². The minimum absolute atomic E-state index is 0.239. The molecule has 0 radical (unpaired) electrons. The number of carbonyl (C=O) groups is 2. The molecule has 0 spiro atoms. The highest BCUT2D eigenvalue weighted by Gasteiger charge is 2.26. The zero-order chi connectivity index (χ0) is 7.56. The number of ether oxygens (including phenoxy) is 1. The number of carbonyl (C=O) groups excluding carboxylic acids is 2. The van der Waals surface area contributed by atoms with E-state index in [1.54, 1.807) is 0 Å². The lowest BCUT2D eigenvalue weighted by atomic mass is 10.2. The maximum Gasteiger partial charge on any atom is 0.256 e. The summed E-state index contributed by atoms with van der Waals surface area (Å²) in [6.45, 7) is 2.27. The van der Waals surface area contributed by atoms with E-state index < -0.39 is 6.10 Å². The van der Waals surface area contributed by atoms with Crippen LogP contribution in [-0.4, -0.2) is 30.9 Å². The predicted molar refractivity (Wildman–Crippen MR) is 33.4 cm³/mol. The molecular weight excluding hydrogens is 134 g/mol. The van der Waals surface area contributed by atoms with Crippen LogP contribution in [0.5, 0.6) is 0 Å². The predicted octanol–water partition coefficient (Wildman–Crippen LogP) is -0.910. The van der Waals surface area contributed by atoms with Gasteiger partial charge in [-0.15, -0.1) is 0 Å². The lowest BCUT2D eigenvalue weighted by Gasteiger charge is -2.19. The minimum atomic E-state index is -0.867. The van der Waals surface area contributed by atoms with E-state index in [9.17, 15) is 9.59 Å². The van der Waals surface area contributed by atoms with Crippen LogP contribution in [0.15, 0.2) is 0 Å². The third-order valence-corrected chi connectivity index (χ3v) is 1.29. The van der Waals surface area contributed by atoms with Crippen LogP contribution in [0, 0.1) is 0 Å². The third-order valence-electron chi connectivity index (χ3n) is 1.29. The first kappa shape index (κ1) is 7.21. The molecular formula is C6H9NO3. The van der Waals surface area contributed by atoms with E-state index in [0.29, 0.717) is 13.2 Å². The molecule has 0 saturated carbocycles. The average Bonchev–Trinajstić information content (AvgIpc) is 1.88. The molecule has 1 saturated heterocycles. The lowest BCUT2D eigenvalue weighted by molar-refractivity contribution is -0.146. The van der Waals surface area contributed by atoms with E-state index in [-0.39, 0.29) is 11.7 Å². The Balaban J connectivity index is 2.56. The van der Waals surface area contributed by atoms with E-state index in [4.69, 9.17) is 4.74 Å². The fraction of sp³-hybridized carbons (Fsp3) is 0.667. The van der Waals surface area contributed by atoms with Crippen molar-refractivity contribution < 1.29 is 14.3 Å². The standard InChI is InChI=1S/C6H9NO3/c1-4(8)5-6(9)7-2-3-10-5/h5H,2-3H2,1H3,(H,7,9). The van der Waals surface area contributed by atoms with Gasteiger partial charge < -0.3 is 10.1 Å². The molecule has 4 heteroatoms. The molecule has 1 atom stereocenters. The van der Waals surface area contributed by atoms with Crippen molar-refractivity contribution in [3.05, 3.63) is 0 Å². The van der Waals surface area contributed by atoms with Crippen LogP contribution in [0.1, 0.15) is 6.92 Å². The largest absolute Gasteiger partial charge is 0.359 e. The van der Waals surface area contributed by atoms with Crippen molar-refractivity contribution in [1.82, 2.24) is 5.32 Å². The Morgan fingerprint density at radius 2 is 2.50 bits per heavy atom. The van der Waals surface area contributed by atoms with Gasteiger partial charge >= 0.3 is 0 Å². The number of hydrogen-bond donors (Lipinski definition) is 1. The maximum absolute atomic E-state index is 10.8. The maximum atomic E-state index is 10.8. The molecule has 0 bridgehead atoms. The summed E-state index contributed by atoms with van der Waals surface area (Å²) >= 11 is 0. The molecule has 1 N–H and O–H groups in total. The third kappa shape index (κ3) is 1.33. The van der Waals surface area contributed by atoms with Crippen LogP contribution in [0.4, 0.5) is 0 Å². The van der Waals surface area contributed by atoms with E-state index >= 15 is 0 Å². The van der Waals surface area contributed by atoms with Crippen molar-refractivity contribution in [2.24, 2.45) is 0 Å². The molecule has 56 valence electrons. The number of rotatable bonds is 1. The Morgan fingerprint density at radius 3 is 2.90 bits per heavy atom. The first-order chi connectivity index (χ1) is 4.72. The number of amides is 1. The first-order valence-electron chi connectivity index (χ1n) is 3.11. The molecule has 1 aliphatic heterocycles. The summed E-state index contributed by atoms with van der Waals surface area (Å²) < 4.78 is 4.89. The Bertz CT molecular complexity index is 166. The number of Topliss-reactive ketones (excluding diaryl/α,β-unsaturated/α-hetero) is 1. The second kappa shape index (κ2) is 2.79. The Kier molecular flexibility index (Phi) is 2.01. The normalized spacial score (nSPS) is 25.7. The molecule has 0 aromatic heterocycles. The fourth-order valence-electron chi connectivity index (χ4n) is 0.821. The summed E-state index contributed by atoms with van der Waals surface area (Å²) in [6.07, 6.45) is -0.867. The number of ketones is 1. The highest BCUT2D eigenvalue weighted by atomic mass is 16.5. The zero-order valence-corrected chi connectivity index (χ0v) is 5.72. The molecule has 1 aliphatic rings. The molecule has 10 heavy (non-hydrogen) atoms. The Morgan fingerprint density at radius 1 is 1.80 bits per heavy atom. The van der Waals surface area contributed by atoms with Gasteiger partial charge in [0.2, 0.25) is 0 Å². The second-order valence-electron chi connectivity index (χ2n) is 2.15. The van der Waals surface area contributed by atoms with Crippen LogP contribution in [0.3, 0.4) is 0 Å². The van der Waals surface area contributed by atoms with Gasteiger partial charge in [-0.1, -0.05) is 0 Å². The summed E-state index contributed by atoms with van der Waals surface area (Å²) in [5.74, 6) is -0.559. The van der Waals surface area contributed by atoms with Gasteiger partial charge in [-0.3, -0.25) is 9.59 Å². The van der Waals surface area contributed by atoms with Crippen LogP contribution in [0.2, 0.25) is 0 Å². The molecule has 0 aliphatic carbocycles. The molecule has 0 aromatic rings. The van der Waals surface area contributed by atoms with Gasteiger partial charge in [0.05, 0.1) is 6.61 Å². The van der Waals surface area contributed by atoms with Gasteiger partial charge in [0.1, 0.15) is 0 Å². The van der Waals surface area contributed by atoms with Gasteiger partial charge in [-0.25, -0.2) is 0 Å². The number of morpholine rings is 1. The number of nitrogens with one attached hydrogen (secondary N) is 1. The van der Waals surface area contributed by atoms with E-state index in [0.717, 1.165) is 0 Å². The van der Waals surface area contributed by atoms with Gasteiger partial charge in [-0.2, -0.15) is 0 Å². The summed E-state index contributed by atoms with van der Waals surface area (Å²) in [5, 5.41) is 2.53. The molecule has 1 amide bonds. The van der Waals surface area contributed by atoms with E-state index in [1.165, 1.54) is 6.92 Å². The average molecular weight is 143 g/mol. The van der Waals surface area contributed by atoms with Crippen LogP contribution >= 0.6 is 0 Å². The van der Waals surface area contributed by atoms with Crippen molar-refractivity contribution in [2.75, 3.05) is 13.2 Å². The van der Waals surface area contributed by atoms with E-state index in [1.807, 2.05) is 0 Å².